The van der Waals surface area contributed by atoms with Gasteiger partial charge in [-0.3, -0.25) is 18.7 Å². The number of methoxy groups -OCH3 is 2. The summed E-state index contributed by atoms with van der Waals surface area (Å²) in [4.78, 5) is 37.4. The van der Waals surface area contributed by atoms with Crippen LogP contribution in [0.1, 0.15) is 0 Å². The maximum absolute atomic E-state index is 12.6. The monoisotopic (exact) mass is 403 g/mol. The van der Waals surface area contributed by atoms with E-state index in [1.165, 1.54) is 31.9 Å². The minimum atomic E-state index is -0.585. The van der Waals surface area contributed by atoms with Crippen LogP contribution in [-0.2, 0) is 18.4 Å². The van der Waals surface area contributed by atoms with Crippen molar-refractivity contribution in [3.05, 3.63) is 62.3 Å². The molecular weight excluding hydrogens is 386 g/mol. The summed E-state index contributed by atoms with van der Waals surface area (Å²) in [7, 11) is 4.29. The Kier molecular flexibility index (Phi) is 5.41. The zero-order valence-corrected chi connectivity index (χ0v) is 16.2. The molecule has 3 aromatic rings. The number of hydrogen-bond acceptors (Lipinski definition) is 5. The molecule has 8 nitrogen and oxygen atoms in total. The fourth-order valence-electron chi connectivity index (χ4n) is 2.89. The van der Waals surface area contributed by atoms with Crippen LogP contribution in [0.25, 0.3) is 10.9 Å². The summed E-state index contributed by atoms with van der Waals surface area (Å²) in [5, 5.41) is 3.32. The number of hydrogen-bond donors (Lipinski definition) is 1. The van der Waals surface area contributed by atoms with Crippen molar-refractivity contribution < 1.29 is 14.3 Å². The lowest BCUT2D eigenvalue weighted by Gasteiger charge is -2.15. The molecule has 3 rings (SSSR count). The smallest absolute Gasteiger partial charge is 0.331 e. The van der Waals surface area contributed by atoms with Crippen molar-refractivity contribution in [3.8, 4) is 11.5 Å². The van der Waals surface area contributed by atoms with Crippen molar-refractivity contribution in [3.63, 3.8) is 0 Å². The topological polar surface area (TPSA) is 91.6 Å². The van der Waals surface area contributed by atoms with Gasteiger partial charge in [-0.15, -0.1) is 0 Å². The van der Waals surface area contributed by atoms with Gasteiger partial charge in [0.05, 0.1) is 35.8 Å². The summed E-state index contributed by atoms with van der Waals surface area (Å²) in [6, 6.07) is 9.67. The molecule has 0 fully saturated rings. The average molecular weight is 404 g/mol. The second kappa shape index (κ2) is 7.77. The fraction of sp³-hybridized carbons (Fsp3) is 0.211. The molecule has 0 atom stereocenters. The SMILES string of the molecule is COc1cc(OC)c(NC(=O)Cn2c(=O)n(C)c(=O)c3ccccc32)cc1Cl. The van der Waals surface area contributed by atoms with Crippen molar-refractivity contribution in [1.82, 2.24) is 9.13 Å². The van der Waals surface area contributed by atoms with Crippen molar-refractivity contribution in [2.24, 2.45) is 7.05 Å². The number of fused-ring (bicyclic) bond motifs is 1. The lowest BCUT2D eigenvalue weighted by Crippen LogP contribution is -2.40. The number of ether oxygens (including phenoxy) is 2. The number of rotatable bonds is 5. The van der Waals surface area contributed by atoms with Gasteiger partial charge in [0.15, 0.2) is 0 Å². The van der Waals surface area contributed by atoms with E-state index in [-0.39, 0.29) is 6.54 Å². The molecule has 0 saturated carbocycles. The largest absolute Gasteiger partial charge is 0.495 e. The van der Waals surface area contributed by atoms with Gasteiger partial charge in [0.2, 0.25) is 5.91 Å². The molecule has 28 heavy (non-hydrogen) atoms. The summed E-state index contributed by atoms with van der Waals surface area (Å²) in [6.45, 7) is -0.291. The predicted octanol–water partition coefficient (Wildman–Crippen LogP) is 2.01. The summed E-state index contributed by atoms with van der Waals surface area (Å²) >= 11 is 6.12. The summed E-state index contributed by atoms with van der Waals surface area (Å²) in [6.07, 6.45) is 0. The molecule has 1 amide bonds. The third-order valence-electron chi connectivity index (χ3n) is 4.30. The maximum atomic E-state index is 12.6. The van der Waals surface area contributed by atoms with Crippen LogP contribution in [0.3, 0.4) is 0 Å². The maximum Gasteiger partial charge on any atom is 0.331 e. The molecule has 1 N–H and O–H groups in total. The highest BCUT2D eigenvalue weighted by Gasteiger charge is 2.16. The molecule has 0 spiro atoms. The predicted molar refractivity (Wildman–Crippen MR) is 107 cm³/mol. The fourth-order valence-corrected chi connectivity index (χ4v) is 3.13. The van der Waals surface area contributed by atoms with Crippen molar-refractivity contribution in [1.29, 1.82) is 0 Å². The molecule has 0 saturated heterocycles. The Morgan fingerprint density at radius 2 is 1.79 bits per heavy atom. The normalized spacial score (nSPS) is 10.7. The van der Waals surface area contributed by atoms with Crippen LogP contribution in [0.4, 0.5) is 5.69 Å². The summed E-state index contributed by atoms with van der Waals surface area (Å²) in [5.74, 6) is 0.273. The first-order chi connectivity index (χ1) is 13.4. The number of benzene rings is 2. The van der Waals surface area contributed by atoms with E-state index in [1.807, 2.05) is 0 Å². The Morgan fingerprint density at radius 3 is 2.46 bits per heavy atom. The first-order valence-corrected chi connectivity index (χ1v) is 8.65. The number of carbonyl (C=O) groups excluding carboxylic acids is 1. The third-order valence-corrected chi connectivity index (χ3v) is 4.59. The van der Waals surface area contributed by atoms with Crippen LogP contribution in [-0.4, -0.2) is 29.3 Å². The zero-order valence-electron chi connectivity index (χ0n) is 15.5. The first kappa shape index (κ1) is 19.5. The first-order valence-electron chi connectivity index (χ1n) is 8.27. The van der Waals surface area contributed by atoms with E-state index in [9.17, 15) is 14.4 Å². The highest BCUT2D eigenvalue weighted by Crippen LogP contribution is 2.35. The molecule has 0 radical (unpaired) electrons. The number of aromatic nitrogens is 2. The Hall–Kier alpha value is -3.26. The van der Waals surface area contributed by atoms with Gasteiger partial charge in [0, 0.05) is 13.1 Å². The Morgan fingerprint density at radius 1 is 1.11 bits per heavy atom. The molecule has 1 heterocycles. The van der Waals surface area contributed by atoms with Crippen LogP contribution in [0.15, 0.2) is 46.0 Å². The van der Waals surface area contributed by atoms with Crippen molar-refractivity contribution >= 4 is 34.1 Å². The highest BCUT2D eigenvalue weighted by molar-refractivity contribution is 6.32. The quantitative estimate of drug-likeness (QED) is 0.703. The van der Waals surface area contributed by atoms with Crippen LogP contribution in [0.2, 0.25) is 5.02 Å². The van der Waals surface area contributed by atoms with Gasteiger partial charge < -0.3 is 14.8 Å². The van der Waals surface area contributed by atoms with Gasteiger partial charge >= 0.3 is 5.69 Å². The molecule has 0 aliphatic rings. The number of nitrogens with zero attached hydrogens (tertiary/aromatic N) is 2. The minimum absolute atomic E-state index is 0.291. The number of para-hydroxylation sites is 1. The van der Waals surface area contributed by atoms with E-state index in [0.717, 1.165) is 4.57 Å². The molecule has 146 valence electrons. The van der Waals surface area contributed by atoms with Crippen LogP contribution in [0, 0.1) is 0 Å². The zero-order chi connectivity index (χ0) is 20.4. The number of carbonyl (C=O) groups is 1. The van der Waals surface area contributed by atoms with E-state index in [2.05, 4.69) is 5.32 Å². The molecule has 1 aromatic heterocycles. The molecule has 0 unspecified atom stereocenters. The highest BCUT2D eigenvalue weighted by atomic mass is 35.5. The number of amides is 1. The van der Waals surface area contributed by atoms with E-state index in [1.54, 1.807) is 30.3 Å². The second-order valence-electron chi connectivity index (χ2n) is 5.99. The Bertz CT molecular complexity index is 1180. The summed E-state index contributed by atoms with van der Waals surface area (Å²) in [5.41, 5.74) is -0.287. The van der Waals surface area contributed by atoms with Crippen LogP contribution >= 0.6 is 11.6 Å². The van der Waals surface area contributed by atoms with Gasteiger partial charge in [-0.05, 0) is 18.2 Å². The third kappa shape index (κ3) is 3.46. The molecule has 9 heteroatoms. The molecule has 0 aliphatic carbocycles. The van der Waals surface area contributed by atoms with Gasteiger partial charge in [-0.25, -0.2) is 4.79 Å². The average Bonchev–Trinajstić information content (AvgIpc) is 2.69. The second-order valence-corrected chi connectivity index (χ2v) is 6.39. The van der Waals surface area contributed by atoms with Gasteiger partial charge in [0.1, 0.15) is 18.0 Å². The van der Waals surface area contributed by atoms with E-state index >= 15 is 0 Å². The Labute approximate surface area is 164 Å². The van der Waals surface area contributed by atoms with Crippen molar-refractivity contribution in [2.45, 2.75) is 6.54 Å². The lowest BCUT2D eigenvalue weighted by atomic mass is 10.2. The molecule has 2 aromatic carbocycles. The molecular formula is C19H18ClN3O5. The minimum Gasteiger partial charge on any atom is -0.495 e. The Balaban J connectivity index is 1.98. The van der Waals surface area contributed by atoms with Crippen LogP contribution in [0.5, 0.6) is 11.5 Å². The van der Waals surface area contributed by atoms with Crippen molar-refractivity contribution in [2.75, 3.05) is 19.5 Å². The number of nitrogens with one attached hydrogen (secondary N) is 1. The van der Waals surface area contributed by atoms with Gasteiger partial charge in [-0.2, -0.15) is 0 Å². The molecule has 0 aliphatic heterocycles. The lowest BCUT2D eigenvalue weighted by molar-refractivity contribution is -0.116. The molecule has 0 bridgehead atoms. The standard InChI is InChI=1S/C19H18ClN3O5/c1-22-18(25)11-6-4-5-7-14(11)23(19(22)26)10-17(24)21-13-8-12(20)15(27-2)9-16(13)28-3/h4-9H,10H2,1-3H3,(H,21,24). The van der Waals surface area contributed by atoms with E-state index in [0.29, 0.717) is 33.1 Å². The van der Waals surface area contributed by atoms with E-state index < -0.39 is 17.2 Å². The number of halogens is 1. The van der Waals surface area contributed by atoms with Crippen LogP contribution < -0.4 is 26.0 Å². The number of anilines is 1. The van der Waals surface area contributed by atoms with Gasteiger partial charge in [-0.1, -0.05) is 23.7 Å². The van der Waals surface area contributed by atoms with E-state index in [4.69, 9.17) is 21.1 Å². The van der Waals surface area contributed by atoms with Gasteiger partial charge in [0.25, 0.3) is 5.56 Å². The summed E-state index contributed by atoms with van der Waals surface area (Å²) < 4.78 is 12.6.